The van der Waals surface area contributed by atoms with Crippen LogP contribution in [0.2, 0.25) is 0 Å². The molecule has 5 aliphatic rings. The summed E-state index contributed by atoms with van der Waals surface area (Å²) >= 11 is 0. The molecule has 7 rings (SSSR count). The molecule has 5 fully saturated rings. The van der Waals surface area contributed by atoms with Crippen LogP contribution in [-0.2, 0) is 12.7 Å². The fourth-order valence-corrected chi connectivity index (χ4v) is 6.44. The van der Waals surface area contributed by atoms with E-state index >= 15 is 0 Å². The molecule has 0 bridgehead atoms. The van der Waals surface area contributed by atoms with E-state index in [1.54, 1.807) is 0 Å². The molecule has 2 aromatic heterocycles. The third-order valence-corrected chi connectivity index (χ3v) is 8.28. The molecule has 2 saturated carbocycles. The Kier molecular flexibility index (Phi) is 4.10. The van der Waals surface area contributed by atoms with E-state index in [-0.39, 0.29) is 16.9 Å². The van der Waals surface area contributed by atoms with Gasteiger partial charge in [0.2, 0.25) is 0 Å². The molecule has 182 valence electrons. The summed E-state index contributed by atoms with van der Waals surface area (Å²) in [4.78, 5) is 29.7. The predicted octanol–water partition coefficient (Wildman–Crippen LogP) is 2.54. The highest BCUT2D eigenvalue weighted by molar-refractivity contribution is 5.77. The quantitative estimate of drug-likeness (QED) is 0.707. The summed E-state index contributed by atoms with van der Waals surface area (Å²) in [5.41, 5.74) is -0.474. The number of amides is 2. The lowest BCUT2D eigenvalue weighted by atomic mass is 9.57. The first-order valence-electron chi connectivity index (χ1n) is 12.0. The molecule has 3 saturated heterocycles. The molecule has 9 nitrogen and oxygen atoms in total. The van der Waals surface area contributed by atoms with Gasteiger partial charge in [-0.25, -0.2) is 14.8 Å². The number of carbonyl (C=O) groups excluding carboxylic acids is 1. The fraction of sp³-hybridized carbons (Fsp3) is 0.727. The summed E-state index contributed by atoms with van der Waals surface area (Å²) in [7, 11) is 0. The number of hydrogen-bond acceptors (Lipinski definition) is 5. The zero-order valence-corrected chi connectivity index (χ0v) is 18.7. The Bertz CT molecular complexity index is 1110. The molecular weight excluding hydrogens is 449 g/mol. The van der Waals surface area contributed by atoms with Gasteiger partial charge in [-0.2, -0.15) is 18.3 Å². The molecule has 12 heteroatoms. The number of aromatic nitrogens is 5. The Morgan fingerprint density at radius 1 is 1.03 bits per heavy atom. The lowest BCUT2D eigenvalue weighted by molar-refractivity contribution is -0.141. The fourth-order valence-electron chi connectivity index (χ4n) is 6.44. The van der Waals surface area contributed by atoms with Crippen molar-refractivity contribution in [2.75, 3.05) is 39.3 Å². The second-order valence-electron chi connectivity index (χ2n) is 11.3. The first kappa shape index (κ1) is 20.7. The predicted molar refractivity (Wildman–Crippen MR) is 113 cm³/mol. The molecule has 0 radical (unpaired) electrons. The molecule has 0 atom stereocenters. The van der Waals surface area contributed by atoms with Gasteiger partial charge in [0.05, 0.1) is 12.7 Å². The lowest BCUT2D eigenvalue weighted by Crippen LogP contribution is -2.75. The number of H-pyrrole nitrogens is 2. The smallest absolute Gasteiger partial charge is 0.337 e. The molecule has 2 aliphatic carbocycles. The maximum absolute atomic E-state index is 12.9. The van der Waals surface area contributed by atoms with E-state index in [0.717, 1.165) is 70.0 Å². The number of alkyl halides is 3. The highest BCUT2D eigenvalue weighted by Crippen LogP contribution is 2.56. The maximum Gasteiger partial charge on any atom is 0.432 e. The van der Waals surface area contributed by atoms with Crippen LogP contribution in [0.4, 0.5) is 18.0 Å². The van der Waals surface area contributed by atoms with Gasteiger partial charge in [-0.15, -0.1) is 0 Å². The summed E-state index contributed by atoms with van der Waals surface area (Å²) < 4.78 is 38.1. The molecule has 5 heterocycles. The van der Waals surface area contributed by atoms with Gasteiger partial charge in [-0.1, -0.05) is 0 Å². The number of nitrogens with one attached hydrogen (secondary N) is 2. The SMILES string of the molecule is O=C(N1CC2(CC(c3nc(C4CC4)n[nH]3)C2)C1)N1CC2(CN(Cc3ncc(C(F)(F)F)[nH]3)C2)C1. The van der Waals surface area contributed by atoms with Crippen molar-refractivity contribution in [2.24, 2.45) is 10.8 Å². The molecule has 3 aliphatic heterocycles. The minimum atomic E-state index is -4.40. The van der Waals surface area contributed by atoms with Crippen LogP contribution < -0.4 is 0 Å². The first-order chi connectivity index (χ1) is 16.2. The van der Waals surface area contributed by atoms with Crippen molar-refractivity contribution in [3.63, 3.8) is 0 Å². The summed E-state index contributed by atoms with van der Waals surface area (Å²) in [6.07, 6.45) is 0.976. The first-order valence-corrected chi connectivity index (χ1v) is 12.0. The Labute approximate surface area is 194 Å². The molecule has 2 aromatic rings. The van der Waals surface area contributed by atoms with Crippen LogP contribution >= 0.6 is 0 Å². The molecule has 0 unspecified atom stereocenters. The molecule has 2 N–H and O–H groups in total. The highest BCUT2D eigenvalue weighted by atomic mass is 19.4. The number of urea groups is 1. The highest BCUT2D eigenvalue weighted by Gasteiger charge is 2.58. The van der Waals surface area contributed by atoms with Crippen molar-refractivity contribution in [1.82, 2.24) is 39.8 Å². The van der Waals surface area contributed by atoms with E-state index in [4.69, 9.17) is 0 Å². The Morgan fingerprint density at radius 2 is 1.71 bits per heavy atom. The third-order valence-electron chi connectivity index (χ3n) is 8.28. The third kappa shape index (κ3) is 3.32. The van der Waals surface area contributed by atoms with Crippen molar-refractivity contribution < 1.29 is 18.0 Å². The minimum Gasteiger partial charge on any atom is -0.337 e. The van der Waals surface area contributed by atoms with Crippen LogP contribution in [-0.4, -0.2) is 85.1 Å². The van der Waals surface area contributed by atoms with Crippen molar-refractivity contribution in [3.8, 4) is 0 Å². The average Bonchev–Trinajstić information content (AvgIpc) is 3.19. The number of imidazole rings is 1. The molecule has 34 heavy (non-hydrogen) atoms. The van der Waals surface area contributed by atoms with Crippen LogP contribution in [0.25, 0.3) is 0 Å². The summed E-state index contributed by atoms with van der Waals surface area (Å²) in [5.74, 6) is 3.31. The van der Waals surface area contributed by atoms with Gasteiger partial charge in [0.15, 0.2) is 5.82 Å². The van der Waals surface area contributed by atoms with Crippen molar-refractivity contribution in [1.29, 1.82) is 0 Å². The second kappa shape index (κ2) is 6.73. The number of hydrogen-bond donors (Lipinski definition) is 2. The number of aromatic amines is 2. The number of likely N-dealkylation sites (tertiary alicyclic amines) is 3. The van der Waals surface area contributed by atoms with Gasteiger partial charge in [0.25, 0.3) is 0 Å². The largest absolute Gasteiger partial charge is 0.432 e. The Morgan fingerprint density at radius 3 is 2.32 bits per heavy atom. The van der Waals surface area contributed by atoms with E-state index in [0.29, 0.717) is 24.2 Å². The Hall–Kier alpha value is -2.63. The monoisotopic (exact) mass is 476 g/mol. The standard InChI is InChI=1S/C22H27F3N8O/c23-22(24,25)15-5-26-16(27-15)6-31-7-21(8-31)11-33(12-21)19(34)32-9-20(10-32)3-14(4-20)18-28-17(29-30-18)13-1-2-13/h5,13-14H,1-4,6-12H2,(H,26,27)(H,28,29,30). The van der Waals surface area contributed by atoms with E-state index in [1.807, 2.05) is 9.80 Å². The van der Waals surface area contributed by atoms with Gasteiger partial charge in [-0.3, -0.25) is 10.00 Å². The zero-order chi connectivity index (χ0) is 23.3. The summed E-state index contributed by atoms with van der Waals surface area (Å²) in [5, 5.41) is 7.49. The average molecular weight is 477 g/mol. The molecular formula is C22H27F3N8O. The van der Waals surface area contributed by atoms with Crippen LogP contribution in [0.15, 0.2) is 6.20 Å². The summed E-state index contributed by atoms with van der Waals surface area (Å²) in [6.45, 7) is 5.03. The van der Waals surface area contributed by atoms with Gasteiger partial charge in [-0.05, 0) is 25.7 Å². The number of rotatable bonds is 4. The summed E-state index contributed by atoms with van der Waals surface area (Å²) in [6, 6.07) is 0.120. The van der Waals surface area contributed by atoms with Crippen molar-refractivity contribution in [2.45, 2.75) is 50.2 Å². The van der Waals surface area contributed by atoms with Crippen LogP contribution in [0.5, 0.6) is 0 Å². The normalized spacial score (nSPS) is 25.7. The number of nitrogens with zero attached hydrogens (tertiary/aromatic N) is 6. The van der Waals surface area contributed by atoms with E-state index in [9.17, 15) is 18.0 Å². The topological polar surface area (TPSA) is 97.0 Å². The van der Waals surface area contributed by atoms with Crippen LogP contribution in [0, 0.1) is 10.8 Å². The van der Waals surface area contributed by atoms with E-state index in [1.165, 1.54) is 12.8 Å². The molecule has 0 aromatic carbocycles. The van der Waals surface area contributed by atoms with Gasteiger partial charge >= 0.3 is 12.2 Å². The van der Waals surface area contributed by atoms with Gasteiger partial charge in [0.1, 0.15) is 17.3 Å². The number of carbonyl (C=O) groups is 1. The minimum absolute atomic E-state index is 0.0881. The van der Waals surface area contributed by atoms with Crippen molar-refractivity contribution in [3.05, 3.63) is 29.4 Å². The molecule has 2 spiro atoms. The molecule has 2 amide bonds. The zero-order valence-electron chi connectivity index (χ0n) is 18.7. The van der Waals surface area contributed by atoms with Crippen molar-refractivity contribution >= 4 is 6.03 Å². The van der Waals surface area contributed by atoms with Crippen LogP contribution in [0.1, 0.15) is 60.7 Å². The number of halogens is 3. The van der Waals surface area contributed by atoms with Crippen LogP contribution in [0.3, 0.4) is 0 Å². The van der Waals surface area contributed by atoms with E-state index < -0.39 is 11.9 Å². The van der Waals surface area contributed by atoms with Gasteiger partial charge in [0, 0.05) is 61.9 Å². The Balaban J connectivity index is 0.844. The maximum atomic E-state index is 12.9. The second-order valence-corrected chi connectivity index (χ2v) is 11.3. The van der Waals surface area contributed by atoms with Gasteiger partial charge < -0.3 is 14.8 Å². The van der Waals surface area contributed by atoms with E-state index in [2.05, 4.69) is 30.0 Å². The lowest BCUT2D eigenvalue weighted by Gasteiger charge is -2.63.